The van der Waals surface area contributed by atoms with Gasteiger partial charge in [0.1, 0.15) is 5.82 Å². The fourth-order valence-corrected chi connectivity index (χ4v) is 3.41. The lowest BCUT2D eigenvalue weighted by Gasteiger charge is -2.12. The predicted molar refractivity (Wildman–Crippen MR) is 72.8 cm³/mol. The lowest BCUT2D eigenvalue weighted by molar-refractivity contribution is -0.126. The molecule has 1 unspecified atom stereocenters. The molecule has 0 spiro atoms. The maximum Gasteiger partial charge on any atom is 0.222 e. The minimum atomic E-state index is -3.47. The number of nitrogens with zero attached hydrogens (tertiary/aromatic N) is 1. The number of nitrogens with one attached hydrogen (secondary N) is 1. The normalized spacial score (nSPS) is 19.6. The van der Waals surface area contributed by atoms with E-state index in [1.807, 2.05) is 0 Å². The summed E-state index contributed by atoms with van der Waals surface area (Å²) in [7, 11) is -1.77. The van der Waals surface area contributed by atoms with Crippen LogP contribution in [-0.2, 0) is 20.6 Å². The Hall–Kier alpha value is -1.47. The smallest absolute Gasteiger partial charge is 0.222 e. The van der Waals surface area contributed by atoms with Crippen molar-refractivity contribution < 1.29 is 17.6 Å². The molecule has 5 nitrogen and oxygen atoms in total. The van der Waals surface area contributed by atoms with E-state index in [-0.39, 0.29) is 24.1 Å². The van der Waals surface area contributed by atoms with Gasteiger partial charge in [-0.15, -0.1) is 0 Å². The largest absolute Gasteiger partial charge is 0.345 e. The number of carbonyl (C=O) groups is 1. The Labute approximate surface area is 117 Å². The molecule has 7 heteroatoms. The molecule has 1 aliphatic rings. The van der Waals surface area contributed by atoms with Gasteiger partial charge in [-0.25, -0.2) is 17.5 Å². The van der Waals surface area contributed by atoms with Crippen molar-refractivity contribution in [2.75, 3.05) is 20.1 Å². The first kappa shape index (κ1) is 14.9. The van der Waals surface area contributed by atoms with Gasteiger partial charge in [0.2, 0.25) is 15.9 Å². The van der Waals surface area contributed by atoms with E-state index in [0.717, 1.165) is 0 Å². The van der Waals surface area contributed by atoms with Crippen LogP contribution in [0.1, 0.15) is 12.0 Å². The third-order valence-corrected chi connectivity index (χ3v) is 4.60. The van der Waals surface area contributed by atoms with Crippen LogP contribution in [-0.4, -0.2) is 39.4 Å². The number of likely N-dealkylation sites (tertiary alicyclic amines) is 1. The number of carbonyl (C=O) groups excluding carboxylic acids is 1. The zero-order valence-corrected chi connectivity index (χ0v) is 12.0. The van der Waals surface area contributed by atoms with Crippen molar-refractivity contribution in [2.45, 2.75) is 12.2 Å². The van der Waals surface area contributed by atoms with Gasteiger partial charge in [0.15, 0.2) is 0 Å². The summed E-state index contributed by atoms with van der Waals surface area (Å²) in [4.78, 5) is 12.9. The van der Waals surface area contributed by atoms with Gasteiger partial charge in [-0.2, -0.15) is 0 Å². The molecule has 1 amide bonds. The van der Waals surface area contributed by atoms with Gasteiger partial charge < -0.3 is 4.90 Å². The molecule has 2 rings (SSSR count). The van der Waals surface area contributed by atoms with E-state index in [2.05, 4.69) is 4.72 Å². The standard InChI is InChI=1S/C13H17FN2O3S/c1-16-8-11(6-13(16)17)7-15-20(18,19)9-10-2-4-12(14)5-3-10/h2-5,11,15H,6-9H2,1H3. The second-order valence-corrected chi connectivity index (χ2v) is 6.89. The van der Waals surface area contributed by atoms with Crippen molar-refractivity contribution in [3.8, 4) is 0 Å². The number of amides is 1. The van der Waals surface area contributed by atoms with Crippen LogP contribution in [0.15, 0.2) is 24.3 Å². The molecule has 110 valence electrons. The van der Waals surface area contributed by atoms with E-state index in [0.29, 0.717) is 18.5 Å². The van der Waals surface area contributed by atoms with Crippen LogP contribution in [0.2, 0.25) is 0 Å². The Morgan fingerprint density at radius 1 is 1.35 bits per heavy atom. The zero-order chi connectivity index (χ0) is 14.8. The molecule has 1 aliphatic heterocycles. The van der Waals surface area contributed by atoms with Gasteiger partial charge in [0, 0.05) is 26.6 Å². The Kier molecular flexibility index (Phi) is 4.39. The first-order valence-corrected chi connectivity index (χ1v) is 7.97. The lowest BCUT2D eigenvalue weighted by Crippen LogP contribution is -2.31. The predicted octanol–water partition coefficient (Wildman–Crippen LogP) is 0.723. The summed E-state index contributed by atoms with van der Waals surface area (Å²) in [5.74, 6) is -0.543. The Morgan fingerprint density at radius 3 is 2.55 bits per heavy atom. The van der Waals surface area contributed by atoms with Crippen LogP contribution in [0, 0.1) is 11.7 Å². The number of sulfonamides is 1. The van der Waals surface area contributed by atoms with Crippen LogP contribution in [0.3, 0.4) is 0 Å². The number of hydrogen-bond acceptors (Lipinski definition) is 3. The molecule has 1 atom stereocenters. The van der Waals surface area contributed by atoms with E-state index in [4.69, 9.17) is 0 Å². The highest BCUT2D eigenvalue weighted by molar-refractivity contribution is 7.88. The summed E-state index contributed by atoms with van der Waals surface area (Å²) >= 11 is 0. The second kappa shape index (κ2) is 5.88. The summed E-state index contributed by atoms with van der Waals surface area (Å²) in [5, 5.41) is 0. The molecule has 1 aromatic rings. The van der Waals surface area contributed by atoms with E-state index in [1.165, 1.54) is 24.3 Å². The fourth-order valence-electron chi connectivity index (χ4n) is 2.19. The maximum absolute atomic E-state index is 12.7. The molecule has 1 saturated heterocycles. The van der Waals surface area contributed by atoms with Crippen LogP contribution < -0.4 is 4.72 Å². The molecule has 1 N–H and O–H groups in total. The molecule has 1 heterocycles. The first-order valence-electron chi connectivity index (χ1n) is 6.31. The monoisotopic (exact) mass is 300 g/mol. The van der Waals surface area contributed by atoms with Crippen molar-refractivity contribution in [3.63, 3.8) is 0 Å². The zero-order valence-electron chi connectivity index (χ0n) is 11.2. The van der Waals surface area contributed by atoms with Gasteiger partial charge in [-0.3, -0.25) is 4.79 Å². The molecule has 0 aromatic heterocycles. The Morgan fingerprint density at radius 2 is 2.00 bits per heavy atom. The molecule has 0 saturated carbocycles. The van der Waals surface area contributed by atoms with E-state index < -0.39 is 15.8 Å². The van der Waals surface area contributed by atoms with Crippen molar-refractivity contribution in [2.24, 2.45) is 5.92 Å². The quantitative estimate of drug-likeness (QED) is 0.871. The summed E-state index contributed by atoms with van der Waals surface area (Å²) in [6.45, 7) is 0.817. The third kappa shape index (κ3) is 4.01. The van der Waals surface area contributed by atoms with E-state index >= 15 is 0 Å². The first-order chi connectivity index (χ1) is 9.35. The second-order valence-electron chi connectivity index (χ2n) is 5.08. The summed E-state index contributed by atoms with van der Waals surface area (Å²) in [5.41, 5.74) is 0.526. The maximum atomic E-state index is 12.7. The van der Waals surface area contributed by atoms with Gasteiger partial charge in [0.05, 0.1) is 5.75 Å². The van der Waals surface area contributed by atoms with Crippen LogP contribution in [0.25, 0.3) is 0 Å². The minimum absolute atomic E-state index is 0.00972. The van der Waals surface area contributed by atoms with Gasteiger partial charge in [-0.05, 0) is 23.6 Å². The highest BCUT2D eigenvalue weighted by Crippen LogP contribution is 2.15. The van der Waals surface area contributed by atoms with E-state index in [9.17, 15) is 17.6 Å². The molecule has 0 bridgehead atoms. The minimum Gasteiger partial charge on any atom is -0.345 e. The summed E-state index contributed by atoms with van der Waals surface area (Å²) < 4.78 is 39.1. The molecule has 0 aliphatic carbocycles. The highest BCUT2D eigenvalue weighted by atomic mass is 32.2. The molecule has 1 aromatic carbocycles. The summed E-state index contributed by atoms with van der Waals surface area (Å²) in [6.07, 6.45) is 0.371. The van der Waals surface area contributed by atoms with Crippen molar-refractivity contribution in [3.05, 3.63) is 35.6 Å². The SMILES string of the molecule is CN1CC(CNS(=O)(=O)Cc2ccc(F)cc2)CC1=O. The van der Waals surface area contributed by atoms with Crippen LogP contribution in [0.4, 0.5) is 4.39 Å². The lowest BCUT2D eigenvalue weighted by atomic mass is 10.1. The number of hydrogen-bond donors (Lipinski definition) is 1. The summed E-state index contributed by atoms with van der Waals surface area (Å²) in [6, 6.07) is 5.35. The molecular formula is C13H17FN2O3S. The number of benzene rings is 1. The topological polar surface area (TPSA) is 66.5 Å². The molecular weight excluding hydrogens is 283 g/mol. The highest BCUT2D eigenvalue weighted by Gasteiger charge is 2.27. The Balaban J connectivity index is 1.88. The number of rotatable bonds is 5. The Bertz CT molecular complexity index is 586. The van der Waals surface area contributed by atoms with Crippen molar-refractivity contribution in [1.82, 2.24) is 9.62 Å². The average molecular weight is 300 g/mol. The number of halogens is 1. The van der Waals surface area contributed by atoms with Gasteiger partial charge in [0.25, 0.3) is 0 Å². The molecule has 0 radical (unpaired) electrons. The van der Waals surface area contributed by atoms with Crippen LogP contribution in [0.5, 0.6) is 0 Å². The van der Waals surface area contributed by atoms with E-state index in [1.54, 1.807) is 11.9 Å². The average Bonchev–Trinajstić information content (AvgIpc) is 2.69. The third-order valence-electron chi connectivity index (χ3n) is 3.28. The van der Waals surface area contributed by atoms with Crippen LogP contribution >= 0.6 is 0 Å². The van der Waals surface area contributed by atoms with Gasteiger partial charge >= 0.3 is 0 Å². The van der Waals surface area contributed by atoms with Crippen molar-refractivity contribution in [1.29, 1.82) is 0 Å². The van der Waals surface area contributed by atoms with Gasteiger partial charge in [-0.1, -0.05) is 12.1 Å². The van der Waals surface area contributed by atoms with Crippen molar-refractivity contribution >= 4 is 15.9 Å². The fraction of sp³-hybridized carbons (Fsp3) is 0.462. The molecule has 1 fully saturated rings. The molecule has 20 heavy (non-hydrogen) atoms.